The van der Waals surface area contributed by atoms with Crippen LogP contribution in [0.4, 0.5) is 0 Å². The predicted molar refractivity (Wildman–Crippen MR) is 326 cm³/mol. The van der Waals surface area contributed by atoms with Crippen molar-refractivity contribution in [3.8, 4) is 23.0 Å². The molecule has 0 saturated heterocycles. The van der Waals surface area contributed by atoms with E-state index in [4.69, 9.17) is 17.7 Å². The van der Waals surface area contributed by atoms with Gasteiger partial charge in [0.25, 0.3) is 0 Å². The van der Waals surface area contributed by atoms with Crippen LogP contribution in [0, 0.1) is 0 Å². The van der Waals surface area contributed by atoms with E-state index in [1.807, 2.05) is 72.8 Å². The van der Waals surface area contributed by atoms with E-state index >= 15 is 0 Å². The minimum absolute atomic E-state index is 0.735. The Morgan fingerprint density at radius 3 is 0.632 bits per heavy atom. The molecule has 4 heteroatoms. The monoisotopic (exact) mass is 1010 g/mol. The quantitative estimate of drug-likeness (QED) is 0.0421. The number of furan rings is 4. The largest absolute Gasteiger partial charge is 0.453 e. The molecule has 0 aliphatic heterocycles. The Morgan fingerprint density at radius 1 is 0.224 bits per heavy atom. The van der Waals surface area contributed by atoms with Crippen LogP contribution in [-0.4, -0.2) is 0 Å². The molecule has 8 rings (SSSR count). The van der Waals surface area contributed by atoms with Gasteiger partial charge in [-0.1, -0.05) is 226 Å². The molecule has 4 heterocycles. The van der Waals surface area contributed by atoms with E-state index in [1.54, 1.807) is 0 Å². The summed E-state index contributed by atoms with van der Waals surface area (Å²) in [4.78, 5) is 0. The second-order valence-electron chi connectivity index (χ2n) is 20.4. The third kappa shape index (κ3) is 19.9. The van der Waals surface area contributed by atoms with E-state index in [-0.39, 0.29) is 0 Å². The maximum Gasteiger partial charge on any atom is 0.170 e. The van der Waals surface area contributed by atoms with Crippen molar-refractivity contribution in [2.45, 2.75) is 156 Å². The lowest BCUT2D eigenvalue weighted by Gasteiger charge is -2.02. The normalized spacial score (nSPS) is 11.7. The molecular weight excluding hydrogens is 929 g/mol. The van der Waals surface area contributed by atoms with E-state index in [0.29, 0.717) is 0 Å². The summed E-state index contributed by atoms with van der Waals surface area (Å²) in [6, 6.07) is 51.1. The van der Waals surface area contributed by atoms with Gasteiger partial charge >= 0.3 is 0 Å². The van der Waals surface area contributed by atoms with E-state index in [0.717, 1.165) is 71.8 Å². The maximum absolute atomic E-state index is 6.02. The highest BCUT2D eigenvalue weighted by Gasteiger charge is 2.10. The molecule has 0 aliphatic carbocycles. The van der Waals surface area contributed by atoms with E-state index in [1.165, 1.54) is 147 Å². The Kier molecular flexibility index (Phi) is 24.2. The van der Waals surface area contributed by atoms with Crippen LogP contribution in [0.3, 0.4) is 0 Å². The van der Waals surface area contributed by atoms with Crippen molar-refractivity contribution in [3.05, 3.63) is 213 Å². The summed E-state index contributed by atoms with van der Waals surface area (Å²) >= 11 is 0. The lowest BCUT2D eigenvalue weighted by Crippen LogP contribution is -1.85. The molecule has 0 fully saturated rings. The molecule has 0 aliphatic rings. The molecule has 4 nitrogen and oxygen atoms in total. The molecule has 8 aromatic rings. The number of hydrogen-bond acceptors (Lipinski definition) is 4. The summed E-state index contributed by atoms with van der Waals surface area (Å²) < 4.78 is 24.1. The van der Waals surface area contributed by atoms with Gasteiger partial charge in [0.15, 0.2) is 23.0 Å². The lowest BCUT2D eigenvalue weighted by molar-refractivity contribution is 0.515. The molecule has 0 saturated carbocycles. The predicted octanol–water partition coefficient (Wildman–Crippen LogP) is 22.3. The highest BCUT2D eigenvalue weighted by molar-refractivity contribution is 5.72. The first-order valence-corrected chi connectivity index (χ1v) is 28.9. The molecule has 0 unspecified atom stereocenters. The minimum atomic E-state index is 0.735. The minimum Gasteiger partial charge on any atom is -0.453 e. The van der Waals surface area contributed by atoms with Crippen LogP contribution in [-0.2, 0) is 25.7 Å². The Balaban J connectivity index is 0.000000221. The van der Waals surface area contributed by atoms with Crippen LogP contribution >= 0.6 is 0 Å². The van der Waals surface area contributed by atoms with Crippen molar-refractivity contribution in [2.75, 3.05) is 0 Å². The van der Waals surface area contributed by atoms with Crippen molar-refractivity contribution in [2.24, 2.45) is 0 Å². The standard InChI is InChI=1S/2C36H42O2/c2*1-3-5-7-9-11-29-13-17-31(18-14-29)21-23-33-25-27-35(37-33)36-28-26-34(38-36)24-22-32-19-15-30(16-20-32)12-10-8-6-4-2/h2*13-28H,3-12H2,1-2H3/b2*23-21+,24-22+. The number of unbranched alkanes of at least 4 members (excludes halogenated alkanes) is 12. The smallest absolute Gasteiger partial charge is 0.170 e. The zero-order chi connectivity index (χ0) is 52.8. The molecule has 0 amide bonds. The molecular formula is C72H84O4. The van der Waals surface area contributed by atoms with Gasteiger partial charge in [-0.2, -0.15) is 0 Å². The molecule has 0 radical (unpaired) electrons. The number of aryl methyl sites for hydroxylation is 4. The number of rotatable bonds is 30. The first-order chi connectivity index (χ1) is 37.5. The van der Waals surface area contributed by atoms with Crippen LogP contribution in [0.5, 0.6) is 0 Å². The Hall–Kier alpha value is -7.04. The molecule has 4 aromatic heterocycles. The fourth-order valence-electron chi connectivity index (χ4n) is 9.22. The van der Waals surface area contributed by atoms with E-state index < -0.39 is 0 Å². The second-order valence-corrected chi connectivity index (χ2v) is 20.4. The lowest BCUT2D eigenvalue weighted by atomic mass is 10.0. The maximum atomic E-state index is 6.02. The molecule has 0 atom stereocenters. The Labute approximate surface area is 456 Å². The van der Waals surface area contributed by atoms with Gasteiger partial charge in [0, 0.05) is 0 Å². The molecule has 0 N–H and O–H groups in total. The van der Waals surface area contributed by atoms with Crippen LogP contribution in [0.25, 0.3) is 71.6 Å². The highest BCUT2D eigenvalue weighted by Crippen LogP contribution is 2.28. The highest BCUT2D eigenvalue weighted by atomic mass is 16.4. The summed E-state index contributed by atoms with van der Waals surface area (Å²) in [6.07, 6.45) is 41.9. The van der Waals surface area contributed by atoms with Crippen LogP contribution in [0.2, 0.25) is 0 Å². The first kappa shape index (κ1) is 56.7. The van der Waals surface area contributed by atoms with Gasteiger partial charge in [-0.3, -0.25) is 0 Å². The van der Waals surface area contributed by atoms with Gasteiger partial charge in [0.1, 0.15) is 23.0 Å². The summed E-state index contributed by atoms with van der Waals surface area (Å²) in [5.74, 6) is 6.19. The molecule has 396 valence electrons. The van der Waals surface area contributed by atoms with Gasteiger partial charge < -0.3 is 17.7 Å². The van der Waals surface area contributed by atoms with Crippen LogP contribution in [0.1, 0.15) is 198 Å². The fraction of sp³-hybridized carbons (Fsp3) is 0.333. The first-order valence-electron chi connectivity index (χ1n) is 28.9. The SMILES string of the molecule is CCCCCCc1ccc(/C=C/c2ccc(-c3ccc(/C=C/c4ccc(CCCCCC)cc4)o3)o2)cc1.CCCCCCc1ccc(/C=C/c2ccc(-c3ccc(/C=C/c4ccc(CCCCCC)cc4)o3)o2)cc1. The fourth-order valence-corrected chi connectivity index (χ4v) is 9.22. The Bertz CT molecular complexity index is 2530. The van der Waals surface area contributed by atoms with Gasteiger partial charge in [-0.15, -0.1) is 0 Å². The topological polar surface area (TPSA) is 52.6 Å². The van der Waals surface area contributed by atoms with Crippen LogP contribution in [0.15, 0.2) is 163 Å². The number of benzene rings is 4. The molecule has 0 bridgehead atoms. The van der Waals surface area contributed by atoms with Gasteiger partial charge in [0.2, 0.25) is 0 Å². The van der Waals surface area contributed by atoms with Gasteiger partial charge in [-0.05, 0) is 169 Å². The molecule has 4 aromatic carbocycles. The molecule has 76 heavy (non-hydrogen) atoms. The summed E-state index contributed by atoms with van der Waals surface area (Å²) in [5, 5.41) is 0. The van der Waals surface area contributed by atoms with Crippen molar-refractivity contribution in [1.29, 1.82) is 0 Å². The van der Waals surface area contributed by atoms with E-state index in [2.05, 4.69) is 149 Å². The zero-order valence-electron chi connectivity index (χ0n) is 46.3. The third-order valence-corrected chi connectivity index (χ3v) is 13.9. The van der Waals surface area contributed by atoms with Crippen LogP contribution < -0.4 is 0 Å². The van der Waals surface area contributed by atoms with E-state index in [9.17, 15) is 0 Å². The average Bonchev–Trinajstić information content (AvgIpc) is 4.32. The summed E-state index contributed by atoms with van der Waals surface area (Å²) in [6.45, 7) is 9.01. The van der Waals surface area contributed by atoms with Crippen molar-refractivity contribution < 1.29 is 17.7 Å². The second kappa shape index (κ2) is 32.4. The van der Waals surface area contributed by atoms with Crippen molar-refractivity contribution >= 4 is 48.6 Å². The Morgan fingerprint density at radius 2 is 0.434 bits per heavy atom. The summed E-state index contributed by atoms with van der Waals surface area (Å²) in [7, 11) is 0. The van der Waals surface area contributed by atoms with Gasteiger partial charge in [0.05, 0.1) is 0 Å². The molecule has 0 spiro atoms. The summed E-state index contributed by atoms with van der Waals surface area (Å²) in [5.41, 5.74) is 10.4. The number of hydrogen-bond donors (Lipinski definition) is 0. The van der Waals surface area contributed by atoms with Crippen molar-refractivity contribution in [1.82, 2.24) is 0 Å². The van der Waals surface area contributed by atoms with Crippen molar-refractivity contribution in [3.63, 3.8) is 0 Å². The third-order valence-electron chi connectivity index (χ3n) is 13.9. The zero-order valence-corrected chi connectivity index (χ0v) is 46.3. The average molecular weight is 1010 g/mol. The van der Waals surface area contributed by atoms with Gasteiger partial charge in [-0.25, -0.2) is 0 Å².